The van der Waals surface area contributed by atoms with Gasteiger partial charge in [0, 0.05) is 76.3 Å². The SMILES string of the molecule is CN(C)C(=O)C[C@@H]1COCCN1C[C@H]1CN(S(=O)(=O)C2=CC=CCC2=S)CCN1c1ccc([C@](C)(O)C(F)(F)F)cc1. The summed E-state index contributed by atoms with van der Waals surface area (Å²) >= 11 is 5.36. The Morgan fingerprint density at radius 2 is 1.83 bits per heavy atom. The highest BCUT2D eigenvalue weighted by atomic mass is 32.2. The van der Waals surface area contributed by atoms with E-state index < -0.39 is 27.8 Å². The minimum atomic E-state index is -4.85. The lowest BCUT2D eigenvalue weighted by Crippen LogP contribution is -2.61. The van der Waals surface area contributed by atoms with E-state index in [0.29, 0.717) is 50.2 Å². The Kier molecular flexibility index (Phi) is 9.85. The molecule has 1 aromatic carbocycles. The minimum Gasteiger partial charge on any atom is -0.378 e. The van der Waals surface area contributed by atoms with Crippen molar-refractivity contribution in [2.45, 2.75) is 43.6 Å². The molecule has 3 atom stereocenters. The highest BCUT2D eigenvalue weighted by Crippen LogP contribution is 2.39. The second-order valence-corrected chi connectivity index (χ2v) is 13.5. The van der Waals surface area contributed by atoms with E-state index in [1.54, 1.807) is 26.2 Å². The van der Waals surface area contributed by atoms with E-state index in [4.69, 9.17) is 17.0 Å². The highest BCUT2D eigenvalue weighted by Gasteiger charge is 2.51. The van der Waals surface area contributed by atoms with Gasteiger partial charge in [0.25, 0.3) is 0 Å². The summed E-state index contributed by atoms with van der Waals surface area (Å²) in [5.74, 6) is -0.0571. The fourth-order valence-electron chi connectivity index (χ4n) is 5.35. The van der Waals surface area contributed by atoms with Crippen molar-refractivity contribution in [2.24, 2.45) is 0 Å². The van der Waals surface area contributed by atoms with Gasteiger partial charge >= 0.3 is 6.18 Å². The van der Waals surface area contributed by atoms with Crippen LogP contribution in [0.2, 0.25) is 0 Å². The molecule has 0 spiro atoms. The zero-order valence-electron chi connectivity index (χ0n) is 23.9. The van der Waals surface area contributed by atoms with Gasteiger partial charge in [0.05, 0.1) is 24.2 Å². The molecule has 2 saturated heterocycles. The van der Waals surface area contributed by atoms with Crippen molar-refractivity contribution < 1.29 is 36.2 Å². The Balaban J connectivity index is 1.63. The van der Waals surface area contributed by atoms with Crippen LogP contribution in [0.15, 0.2) is 47.4 Å². The number of benzene rings is 1. The largest absolute Gasteiger partial charge is 0.421 e. The normalized spacial score (nSPS) is 24.3. The van der Waals surface area contributed by atoms with Gasteiger partial charge < -0.3 is 19.6 Å². The monoisotopic (exact) mass is 630 g/mol. The molecular formula is C28H37F3N4O5S2. The topological polar surface area (TPSA) is 93.6 Å². The Morgan fingerprint density at radius 3 is 2.45 bits per heavy atom. The van der Waals surface area contributed by atoms with Gasteiger partial charge in [0.1, 0.15) is 0 Å². The fraction of sp³-hybridized carbons (Fsp3) is 0.571. The summed E-state index contributed by atoms with van der Waals surface area (Å²) in [6.07, 6.45) is 0.738. The van der Waals surface area contributed by atoms with Crippen molar-refractivity contribution in [1.29, 1.82) is 0 Å². The van der Waals surface area contributed by atoms with E-state index in [1.165, 1.54) is 39.5 Å². The summed E-state index contributed by atoms with van der Waals surface area (Å²) < 4.78 is 74.7. The maximum absolute atomic E-state index is 13.7. The average Bonchev–Trinajstić information content (AvgIpc) is 2.93. The Labute approximate surface area is 250 Å². The average molecular weight is 631 g/mol. The lowest BCUT2D eigenvalue weighted by molar-refractivity contribution is -0.258. The molecule has 9 nitrogen and oxygen atoms in total. The van der Waals surface area contributed by atoms with E-state index >= 15 is 0 Å². The molecule has 42 heavy (non-hydrogen) atoms. The van der Waals surface area contributed by atoms with Crippen LogP contribution in [0.3, 0.4) is 0 Å². The number of anilines is 1. The highest BCUT2D eigenvalue weighted by molar-refractivity contribution is 7.96. The summed E-state index contributed by atoms with van der Waals surface area (Å²) in [6, 6.07) is 4.91. The predicted molar refractivity (Wildman–Crippen MR) is 158 cm³/mol. The molecule has 14 heteroatoms. The molecule has 232 valence electrons. The summed E-state index contributed by atoms with van der Waals surface area (Å²) in [4.78, 5) is 18.6. The van der Waals surface area contributed by atoms with E-state index in [0.717, 1.165) is 0 Å². The van der Waals surface area contributed by atoms with Crippen molar-refractivity contribution in [3.8, 4) is 0 Å². The number of aliphatic hydroxyl groups is 1. The number of morpholine rings is 1. The van der Waals surface area contributed by atoms with Crippen molar-refractivity contribution in [3.05, 3.63) is 53.0 Å². The van der Waals surface area contributed by atoms with Crippen molar-refractivity contribution in [2.75, 3.05) is 64.9 Å². The molecular weight excluding hydrogens is 593 g/mol. The van der Waals surface area contributed by atoms with Crippen molar-refractivity contribution >= 4 is 38.7 Å². The molecule has 2 fully saturated rings. The molecule has 0 aromatic heterocycles. The number of thiocarbonyl (C=S) groups is 1. The molecule has 1 aliphatic carbocycles. The van der Waals surface area contributed by atoms with Crippen LogP contribution in [-0.4, -0.2) is 117 Å². The molecule has 2 heterocycles. The lowest BCUT2D eigenvalue weighted by Gasteiger charge is -2.46. The smallest absolute Gasteiger partial charge is 0.378 e. The molecule has 0 radical (unpaired) electrons. The second-order valence-electron chi connectivity index (χ2n) is 11.1. The summed E-state index contributed by atoms with van der Waals surface area (Å²) in [7, 11) is -0.523. The first-order valence-corrected chi connectivity index (χ1v) is 15.6. The third-order valence-corrected chi connectivity index (χ3v) is 10.5. The van der Waals surface area contributed by atoms with E-state index in [1.807, 2.05) is 4.90 Å². The number of ether oxygens (including phenoxy) is 1. The molecule has 2 aliphatic heterocycles. The van der Waals surface area contributed by atoms with Crippen LogP contribution in [0.25, 0.3) is 0 Å². The number of carbonyl (C=O) groups is 1. The Morgan fingerprint density at radius 1 is 1.14 bits per heavy atom. The van der Waals surface area contributed by atoms with Gasteiger partial charge in [0.2, 0.25) is 15.9 Å². The third-order valence-electron chi connectivity index (χ3n) is 8.04. The van der Waals surface area contributed by atoms with Gasteiger partial charge in [-0.05, 0) is 30.7 Å². The maximum Gasteiger partial charge on any atom is 0.421 e. The zero-order chi connectivity index (χ0) is 30.9. The molecule has 0 bridgehead atoms. The van der Waals surface area contributed by atoms with Crippen LogP contribution < -0.4 is 4.90 Å². The lowest BCUT2D eigenvalue weighted by atomic mass is 9.95. The number of hydrogen-bond acceptors (Lipinski definition) is 8. The van der Waals surface area contributed by atoms with Crippen LogP contribution in [0.1, 0.15) is 25.3 Å². The molecule has 0 unspecified atom stereocenters. The first kappa shape index (κ1) is 32.6. The van der Waals surface area contributed by atoms with Crippen LogP contribution in [0.4, 0.5) is 18.9 Å². The van der Waals surface area contributed by atoms with Crippen LogP contribution in [0.5, 0.6) is 0 Å². The van der Waals surface area contributed by atoms with Gasteiger partial charge in [-0.2, -0.15) is 17.5 Å². The summed E-state index contributed by atoms with van der Waals surface area (Å²) in [5, 5.41) is 10.1. The second kappa shape index (κ2) is 12.7. The van der Waals surface area contributed by atoms with Crippen molar-refractivity contribution in [3.63, 3.8) is 0 Å². The number of allylic oxidation sites excluding steroid dienone is 4. The number of hydrogen-bond donors (Lipinski definition) is 1. The molecule has 1 aromatic rings. The first-order chi connectivity index (χ1) is 19.6. The van der Waals surface area contributed by atoms with E-state index in [-0.39, 0.29) is 48.5 Å². The summed E-state index contributed by atoms with van der Waals surface area (Å²) in [5.41, 5.74) is -2.71. The molecule has 1 amide bonds. The van der Waals surface area contributed by atoms with Crippen LogP contribution in [-0.2, 0) is 25.2 Å². The first-order valence-electron chi connectivity index (χ1n) is 13.7. The van der Waals surface area contributed by atoms with Gasteiger partial charge in [-0.3, -0.25) is 9.69 Å². The Bertz CT molecular complexity index is 1330. The van der Waals surface area contributed by atoms with Gasteiger partial charge in [-0.25, -0.2) is 8.42 Å². The number of halogens is 3. The van der Waals surface area contributed by atoms with Gasteiger partial charge in [0.15, 0.2) is 5.60 Å². The number of carbonyl (C=O) groups excluding carboxylic acids is 1. The predicted octanol–water partition coefficient (Wildman–Crippen LogP) is 2.67. The zero-order valence-corrected chi connectivity index (χ0v) is 25.5. The van der Waals surface area contributed by atoms with Gasteiger partial charge in [-0.15, -0.1) is 0 Å². The van der Waals surface area contributed by atoms with Gasteiger partial charge in [-0.1, -0.05) is 36.5 Å². The minimum absolute atomic E-state index is 0.0571. The maximum atomic E-state index is 13.7. The number of rotatable bonds is 8. The summed E-state index contributed by atoms with van der Waals surface area (Å²) in [6.45, 7) is 2.99. The molecule has 1 N–H and O–H groups in total. The number of sulfonamides is 1. The Hall–Kier alpha value is -2.36. The molecule has 3 aliphatic rings. The quantitative estimate of drug-likeness (QED) is 0.439. The van der Waals surface area contributed by atoms with Crippen LogP contribution in [0, 0.1) is 0 Å². The van der Waals surface area contributed by atoms with E-state index in [2.05, 4.69) is 4.90 Å². The third kappa shape index (κ3) is 6.89. The number of piperazine rings is 1. The standard InChI is InChI=1S/C28H37F3N4O5S2/c1-27(37,28(29,30)31)20-8-10-21(11-9-20)35-13-12-34(42(38,39)25-7-5-4-6-24(25)41)18-23(35)17-33-14-15-40-19-22(33)16-26(36)32(2)3/h4-5,7-11,22-23,37H,6,12-19H2,1-3H3/t22-,23+,27+/m1/s1. The van der Waals surface area contributed by atoms with E-state index in [9.17, 15) is 31.5 Å². The number of amides is 1. The number of nitrogens with zero attached hydrogens (tertiary/aromatic N) is 4. The molecule has 0 saturated carbocycles. The van der Waals surface area contributed by atoms with Crippen molar-refractivity contribution in [1.82, 2.24) is 14.1 Å². The number of alkyl halides is 3. The fourth-order valence-corrected chi connectivity index (χ4v) is 7.42. The van der Waals surface area contributed by atoms with Crippen LogP contribution >= 0.6 is 12.2 Å². The molecule has 4 rings (SSSR count).